The van der Waals surface area contributed by atoms with Crippen LogP contribution in [0.5, 0.6) is 17.2 Å². The average molecular weight is 536 g/mol. The number of rotatable bonds is 8. The van der Waals surface area contributed by atoms with Crippen molar-refractivity contribution in [3.8, 4) is 22.9 Å². The van der Waals surface area contributed by atoms with E-state index in [1.165, 1.54) is 14.2 Å². The maximum Gasteiger partial charge on any atom is 0.229 e. The molecule has 1 saturated heterocycles. The van der Waals surface area contributed by atoms with Gasteiger partial charge in [-0.2, -0.15) is 0 Å². The van der Waals surface area contributed by atoms with Gasteiger partial charge in [-0.15, -0.1) is 0 Å². The average Bonchev–Trinajstić information content (AvgIpc) is 3.34. The third-order valence-corrected chi connectivity index (χ3v) is 6.83. The lowest BCUT2D eigenvalue weighted by molar-refractivity contribution is -0.277. The zero-order valence-electron chi connectivity index (χ0n) is 21.3. The van der Waals surface area contributed by atoms with Crippen LogP contribution in [-0.2, 0) is 4.74 Å². The first-order chi connectivity index (χ1) is 18.9. The number of nitrogens with zero attached hydrogens (tertiary/aromatic N) is 1. The summed E-state index contributed by atoms with van der Waals surface area (Å²) < 4.78 is 24.0. The van der Waals surface area contributed by atoms with Crippen LogP contribution in [0.25, 0.3) is 16.6 Å². The summed E-state index contributed by atoms with van der Waals surface area (Å²) in [6, 6.07) is 19.4. The van der Waals surface area contributed by atoms with Crippen molar-refractivity contribution in [2.24, 2.45) is 0 Å². The van der Waals surface area contributed by atoms with Crippen molar-refractivity contribution in [1.82, 2.24) is 4.57 Å². The number of methoxy groups -OCH3 is 2. The third-order valence-electron chi connectivity index (χ3n) is 6.83. The van der Waals surface area contributed by atoms with E-state index in [1.54, 1.807) is 47.2 Å². The molecule has 2 heterocycles. The summed E-state index contributed by atoms with van der Waals surface area (Å²) in [6.07, 6.45) is -5.46. The van der Waals surface area contributed by atoms with E-state index >= 15 is 0 Å². The van der Waals surface area contributed by atoms with E-state index in [0.717, 1.165) is 0 Å². The summed E-state index contributed by atoms with van der Waals surface area (Å²) in [7, 11) is 3.02. The fourth-order valence-electron chi connectivity index (χ4n) is 4.74. The van der Waals surface area contributed by atoms with Gasteiger partial charge in [0.15, 0.2) is 5.78 Å². The molecule has 0 radical (unpaired) electrons. The third kappa shape index (κ3) is 4.84. The number of ether oxygens (including phenoxy) is 4. The fraction of sp³-hybridized carbons (Fsp3) is 0.276. The molecule has 10 nitrogen and oxygen atoms in total. The molecule has 1 fully saturated rings. The molecule has 1 aliphatic heterocycles. The SMILES string of the molecule is COc1ccc(C(=O)c2ccccc2-n2cc(O[C@@H]3O[C@H](CO)[C@H](O)[C@H](O)[C@H]3O)c3ccccc32)c(OC)c1. The van der Waals surface area contributed by atoms with E-state index in [0.29, 0.717) is 45.0 Å². The van der Waals surface area contributed by atoms with Gasteiger partial charge >= 0.3 is 0 Å². The first-order valence-electron chi connectivity index (χ1n) is 12.3. The molecule has 0 bridgehead atoms. The minimum atomic E-state index is -1.58. The molecule has 5 atom stereocenters. The van der Waals surface area contributed by atoms with Gasteiger partial charge in [0.05, 0.1) is 43.8 Å². The number of aliphatic hydroxyl groups excluding tert-OH is 4. The lowest BCUT2D eigenvalue weighted by Gasteiger charge is -2.39. The highest BCUT2D eigenvalue weighted by Gasteiger charge is 2.45. The van der Waals surface area contributed by atoms with Crippen molar-refractivity contribution in [2.45, 2.75) is 30.7 Å². The molecule has 0 spiro atoms. The lowest BCUT2D eigenvalue weighted by Crippen LogP contribution is -2.60. The highest BCUT2D eigenvalue weighted by Crippen LogP contribution is 2.35. The van der Waals surface area contributed by atoms with E-state index in [4.69, 9.17) is 18.9 Å². The predicted molar refractivity (Wildman–Crippen MR) is 141 cm³/mol. The number of para-hydroxylation sites is 2. The second kappa shape index (κ2) is 11.0. The summed E-state index contributed by atoms with van der Waals surface area (Å²) in [5.74, 6) is 0.972. The van der Waals surface area contributed by atoms with Crippen molar-refractivity contribution in [2.75, 3.05) is 20.8 Å². The molecular formula is C29H29NO9. The number of carbonyl (C=O) groups excluding carboxylic acids is 1. The zero-order chi connectivity index (χ0) is 27.7. The van der Waals surface area contributed by atoms with E-state index in [2.05, 4.69) is 0 Å². The maximum atomic E-state index is 13.8. The Morgan fingerprint density at radius 2 is 1.62 bits per heavy atom. The normalized spacial score (nSPS) is 23.0. The summed E-state index contributed by atoms with van der Waals surface area (Å²) in [6.45, 7) is -0.573. The highest BCUT2D eigenvalue weighted by molar-refractivity contribution is 6.13. The van der Waals surface area contributed by atoms with Crippen molar-refractivity contribution in [3.05, 3.63) is 84.1 Å². The number of benzene rings is 3. The van der Waals surface area contributed by atoms with Crippen LogP contribution in [0.1, 0.15) is 15.9 Å². The molecular weight excluding hydrogens is 506 g/mol. The predicted octanol–water partition coefficient (Wildman–Crippen LogP) is 2.06. The van der Waals surface area contributed by atoms with Crippen molar-refractivity contribution >= 4 is 16.7 Å². The molecule has 5 rings (SSSR count). The summed E-state index contributed by atoms with van der Waals surface area (Å²) >= 11 is 0. The van der Waals surface area contributed by atoms with Gasteiger partial charge in [0.25, 0.3) is 0 Å². The number of carbonyl (C=O) groups is 1. The smallest absolute Gasteiger partial charge is 0.229 e. The largest absolute Gasteiger partial charge is 0.497 e. The van der Waals surface area contributed by atoms with Crippen molar-refractivity contribution in [3.63, 3.8) is 0 Å². The Hall–Kier alpha value is -3.93. The van der Waals surface area contributed by atoms with E-state index in [-0.39, 0.29) is 5.78 Å². The van der Waals surface area contributed by atoms with E-state index in [1.807, 2.05) is 30.3 Å². The molecule has 0 amide bonds. The Morgan fingerprint density at radius 3 is 2.36 bits per heavy atom. The van der Waals surface area contributed by atoms with Crippen LogP contribution in [0.2, 0.25) is 0 Å². The number of aromatic nitrogens is 1. The van der Waals surface area contributed by atoms with Crippen LogP contribution in [-0.4, -0.2) is 82.3 Å². The van der Waals surface area contributed by atoms with Gasteiger partial charge < -0.3 is 43.9 Å². The Morgan fingerprint density at radius 1 is 0.872 bits per heavy atom. The van der Waals surface area contributed by atoms with Gasteiger partial charge in [0.2, 0.25) is 6.29 Å². The van der Waals surface area contributed by atoms with Crippen LogP contribution >= 0.6 is 0 Å². The molecule has 4 aromatic rings. The van der Waals surface area contributed by atoms with Crippen LogP contribution in [0.15, 0.2) is 72.9 Å². The van der Waals surface area contributed by atoms with Gasteiger partial charge in [-0.1, -0.05) is 24.3 Å². The second-order valence-corrected chi connectivity index (χ2v) is 9.11. The van der Waals surface area contributed by atoms with Gasteiger partial charge in [0.1, 0.15) is 41.7 Å². The maximum absolute atomic E-state index is 13.8. The first-order valence-corrected chi connectivity index (χ1v) is 12.3. The van der Waals surface area contributed by atoms with Gasteiger partial charge in [-0.25, -0.2) is 0 Å². The van der Waals surface area contributed by atoms with Gasteiger partial charge in [-0.3, -0.25) is 4.79 Å². The fourth-order valence-corrected chi connectivity index (χ4v) is 4.74. The van der Waals surface area contributed by atoms with Crippen LogP contribution in [0, 0.1) is 0 Å². The summed E-state index contributed by atoms with van der Waals surface area (Å²) in [5, 5.41) is 41.0. The van der Waals surface area contributed by atoms with E-state index in [9.17, 15) is 25.2 Å². The molecule has 39 heavy (non-hydrogen) atoms. The number of fused-ring (bicyclic) bond motifs is 1. The number of hydrogen-bond donors (Lipinski definition) is 4. The van der Waals surface area contributed by atoms with Crippen molar-refractivity contribution < 1.29 is 44.2 Å². The Labute approximate surface area is 224 Å². The summed E-state index contributed by atoms with van der Waals surface area (Å²) in [4.78, 5) is 13.8. The monoisotopic (exact) mass is 535 g/mol. The molecule has 1 aromatic heterocycles. The lowest BCUT2D eigenvalue weighted by atomic mass is 9.99. The minimum absolute atomic E-state index is 0.265. The first kappa shape index (κ1) is 26.7. The van der Waals surface area contributed by atoms with Gasteiger partial charge in [-0.05, 0) is 36.4 Å². The zero-order valence-corrected chi connectivity index (χ0v) is 21.3. The van der Waals surface area contributed by atoms with Gasteiger partial charge in [0, 0.05) is 17.0 Å². The van der Waals surface area contributed by atoms with Crippen molar-refractivity contribution in [1.29, 1.82) is 0 Å². The molecule has 3 aromatic carbocycles. The topological polar surface area (TPSA) is 140 Å². The minimum Gasteiger partial charge on any atom is -0.497 e. The quantitative estimate of drug-likeness (QED) is 0.250. The molecule has 1 aliphatic rings. The number of aliphatic hydroxyl groups is 4. The van der Waals surface area contributed by atoms with Crippen LogP contribution in [0.4, 0.5) is 0 Å². The number of ketones is 1. The molecule has 0 unspecified atom stereocenters. The molecule has 4 N–H and O–H groups in total. The Kier molecular flexibility index (Phi) is 7.56. The summed E-state index contributed by atoms with van der Waals surface area (Å²) in [5.41, 5.74) is 2.04. The second-order valence-electron chi connectivity index (χ2n) is 9.11. The molecule has 10 heteroatoms. The van der Waals surface area contributed by atoms with E-state index < -0.39 is 37.3 Å². The Bertz CT molecular complexity index is 1480. The van der Waals surface area contributed by atoms with Crippen LogP contribution < -0.4 is 14.2 Å². The molecule has 0 aliphatic carbocycles. The Balaban J connectivity index is 1.56. The molecule has 204 valence electrons. The molecule has 0 saturated carbocycles. The van der Waals surface area contributed by atoms with Crippen LogP contribution in [0.3, 0.4) is 0 Å². The number of hydrogen-bond acceptors (Lipinski definition) is 9. The standard InChI is InChI=1S/C29H29NO9/c1-36-16-11-12-19(22(13-16)37-2)25(32)18-8-4-6-10-21(18)30-14-23(17-7-3-5-9-20(17)30)38-29-28(35)27(34)26(33)24(15-31)39-29/h3-14,24,26-29,31,33-35H,15H2,1-2H3/t24-,26+,27+,28-,29-/m1/s1. The highest BCUT2D eigenvalue weighted by atomic mass is 16.7.